The van der Waals surface area contributed by atoms with Gasteiger partial charge >= 0.3 is 0 Å². The average Bonchev–Trinajstić information content (AvgIpc) is 2.39. The second-order valence-corrected chi connectivity index (χ2v) is 6.60. The van der Waals surface area contributed by atoms with Crippen molar-refractivity contribution in [3.05, 3.63) is 23.8 Å². The van der Waals surface area contributed by atoms with E-state index in [0.29, 0.717) is 24.5 Å². The molecule has 0 fully saturated rings. The zero-order valence-corrected chi connectivity index (χ0v) is 13.4. The molecular formula is C14H24N2O3S. The molecule has 2 N–H and O–H groups in total. The van der Waals surface area contributed by atoms with Crippen molar-refractivity contribution in [1.82, 2.24) is 4.31 Å². The van der Waals surface area contributed by atoms with Gasteiger partial charge in [0.15, 0.2) is 0 Å². The summed E-state index contributed by atoms with van der Waals surface area (Å²) >= 11 is 0. The van der Waals surface area contributed by atoms with E-state index in [1.807, 2.05) is 27.7 Å². The molecule has 0 aliphatic heterocycles. The van der Waals surface area contributed by atoms with Gasteiger partial charge in [-0.15, -0.1) is 0 Å². The molecule has 0 unspecified atom stereocenters. The van der Waals surface area contributed by atoms with Crippen molar-refractivity contribution in [2.75, 3.05) is 13.2 Å². The predicted octanol–water partition coefficient (Wildman–Crippen LogP) is 1.96. The molecule has 114 valence electrons. The van der Waals surface area contributed by atoms with Crippen LogP contribution in [-0.2, 0) is 16.6 Å². The lowest BCUT2D eigenvalue weighted by atomic mass is 10.2. The lowest BCUT2D eigenvalue weighted by Crippen LogP contribution is -2.36. The standard InChI is InChI=1S/C14H24N2O3S/c1-5-16(11(3)4)20(17,18)13-7-8-14(19-6-2)12(9-13)10-15/h7-9,11H,5-6,10,15H2,1-4H3. The minimum atomic E-state index is -3.49. The van der Waals surface area contributed by atoms with E-state index < -0.39 is 10.0 Å². The van der Waals surface area contributed by atoms with E-state index in [-0.39, 0.29) is 17.5 Å². The maximum absolute atomic E-state index is 12.6. The maximum Gasteiger partial charge on any atom is 0.243 e. The lowest BCUT2D eigenvalue weighted by Gasteiger charge is -2.24. The van der Waals surface area contributed by atoms with E-state index >= 15 is 0 Å². The summed E-state index contributed by atoms with van der Waals surface area (Å²) in [4.78, 5) is 0.261. The number of nitrogens with two attached hydrogens (primary N) is 1. The van der Waals surface area contributed by atoms with Crippen LogP contribution in [0.3, 0.4) is 0 Å². The second kappa shape index (κ2) is 7.06. The highest BCUT2D eigenvalue weighted by Gasteiger charge is 2.26. The first kappa shape index (κ1) is 16.9. The van der Waals surface area contributed by atoms with Gasteiger partial charge in [0.2, 0.25) is 10.0 Å². The highest BCUT2D eigenvalue weighted by Crippen LogP contribution is 2.25. The molecule has 1 aromatic carbocycles. The summed E-state index contributed by atoms with van der Waals surface area (Å²) in [6.07, 6.45) is 0. The molecule has 20 heavy (non-hydrogen) atoms. The quantitative estimate of drug-likeness (QED) is 0.835. The molecule has 0 atom stereocenters. The van der Waals surface area contributed by atoms with E-state index in [0.717, 1.165) is 0 Å². The summed E-state index contributed by atoms with van der Waals surface area (Å²) in [5.74, 6) is 0.640. The predicted molar refractivity (Wildman–Crippen MR) is 80.2 cm³/mol. The minimum absolute atomic E-state index is 0.0853. The van der Waals surface area contributed by atoms with E-state index in [1.54, 1.807) is 18.2 Å². The van der Waals surface area contributed by atoms with Gasteiger partial charge in [0, 0.05) is 24.7 Å². The Bertz CT molecular complexity index is 541. The largest absolute Gasteiger partial charge is 0.494 e. The minimum Gasteiger partial charge on any atom is -0.494 e. The molecule has 0 bridgehead atoms. The molecule has 0 spiro atoms. The molecule has 6 heteroatoms. The topological polar surface area (TPSA) is 72.6 Å². The van der Waals surface area contributed by atoms with Crippen LogP contribution in [-0.4, -0.2) is 31.9 Å². The summed E-state index contributed by atoms with van der Waals surface area (Å²) in [6.45, 7) is 8.63. The third-order valence-electron chi connectivity index (χ3n) is 3.05. The fourth-order valence-electron chi connectivity index (χ4n) is 2.12. The van der Waals surface area contributed by atoms with Crippen molar-refractivity contribution in [2.24, 2.45) is 5.73 Å². The van der Waals surface area contributed by atoms with Crippen LogP contribution in [0.25, 0.3) is 0 Å². The fourth-order valence-corrected chi connectivity index (χ4v) is 3.82. The Kier molecular flexibility index (Phi) is 5.98. The lowest BCUT2D eigenvalue weighted by molar-refractivity contribution is 0.336. The maximum atomic E-state index is 12.6. The Morgan fingerprint density at radius 1 is 1.30 bits per heavy atom. The Balaban J connectivity index is 3.26. The molecule has 1 aromatic rings. The van der Waals surface area contributed by atoms with Gasteiger partial charge in [-0.3, -0.25) is 0 Å². The summed E-state index contributed by atoms with van der Waals surface area (Å²) in [7, 11) is -3.49. The molecule has 0 heterocycles. The first-order valence-electron chi connectivity index (χ1n) is 6.86. The Labute approximate surface area is 121 Å². The van der Waals surface area contributed by atoms with Gasteiger partial charge < -0.3 is 10.5 Å². The summed E-state index contributed by atoms with van der Waals surface area (Å²) in [5.41, 5.74) is 6.37. The number of hydrogen-bond donors (Lipinski definition) is 1. The van der Waals surface area contributed by atoms with Crippen molar-refractivity contribution in [2.45, 2.75) is 45.2 Å². The monoisotopic (exact) mass is 300 g/mol. The second-order valence-electron chi connectivity index (χ2n) is 4.71. The van der Waals surface area contributed by atoms with Crippen LogP contribution in [0.2, 0.25) is 0 Å². The van der Waals surface area contributed by atoms with Gasteiger partial charge in [0.05, 0.1) is 11.5 Å². The highest BCUT2D eigenvalue weighted by molar-refractivity contribution is 7.89. The van der Waals surface area contributed by atoms with E-state index in [2.05, 4.69) is 0 Å². The molecule has 0 aliphatic carbocycles. The van der Waals surface area contributed by atoms with Crippen LogP contribution < -0.4 is 10.5 Å². The number of rotatable bonds is 7. The van der Waals surface area contributed by atoms with E-state index in [4.69, 9.17) is 10.5 Å². The first-order chi connectivity index (χ1) is 9.38. The number of nitrogens with zero attached hydrogens (tertiary/aromatic N) is 1. The zero-order valence-electron chi connectivity index (χ0n) is 12.6. The van der Waals surface area contributed by atoms with Gasteiger partial charge in [-0.2, -0.15) is 4.31 Å². The number of hydrogen-bond acceptors (Lipinski definition) is 4. The van der Waals surface area contributed by atoms with Crippen LogP contribution in [0.1, 0.15) is 33.3 Å². The zero-order chi connectivity index (χ0) is 15.3. The molecule has 0 saturated carbocycles. The van der Waals surface area contributed by atoms with Gasteiger partial charge in [-0.05, 0) is 39.0 Å². The highest BCUT2D eigenvalue weighted by atomic mass is 32.2. The van der Waals surface area contributed by atoms with E-state index in [1.165, 1.54) is 4.31 Å². The molecule has 1 rings (SSSR count). The molecule has 0 aliphatic rings. The fraction of sp³-hybridized carbons (Fsp3) is 0.571. The van der Waals surface area contributed by atoms with Gasteiger partial charge in [0.25, 0.3) is 0 Å². The summed E-state index contributed by atoms with van der Waals surface area (Å²) in [5, 5.41) is 0. The average molecular weight is 300 g/mol. The Morgan fingerprint density at radius 3 is 2.40 bits per heavy atom. The first-order valence-corrected chi connectivity index (χ1v) is 8.30. The van der Waals surface area contributed by atoms with Gasteiger partial charge in [0.1, 0.15) is 5.75 Å². The summed E-state index contributed by atoms with van der Waals surface area (Å²) < 4.78 is 32.1. The van der Waals surface area contributed by atoms with Crippen molar-refractivity contribution in [3.8, 4) is 5.75 Å². The number of benzene rings is 1. The smallest absolute Gasteiger partial charge is 0.243 e. The third-order valence-corrected chi connectivity index (χ3v) is 5.19. The molecule has 0 amide bonds. The van der Waals surface area contributed by atoms with Crippen LogP contribution >= 0.6 is 0 Å². The molecular weight excluding hydrogens is 276 g/mol. The SMILES string of the molecule is CCOc1ccc(S(=O)(=O)N(CC)C(C)C)cc1CN. The van der Waals surface area contributed by atoms with Crippen LogP contribution in [0.5, 0.6) is 5.75 Å². The molecule has 0 aromatic heterocycles. The molecule has 0 radical (unpaired) electrons. The van der Waals surface area contributed by atoms with Gasteiger partial charge in [-0.25, -0.2) is 8.42 Å². The van der Waals surface area contributed by atoms with Crippen molar-refractivity contribution < 1.29 is 13.2 Å². The normalized spacial score (nSPS) is 12.2. The third kappa shape index (κ3) is 3.50. The van der Waals surface area contributed by atoms with Crippen molar-refractivity contribution in [3.63, 3.8) is 0 Å². The van der Waals surface area contributed by atoms with Crippen LogP contribution in [0.4, 0.5) is 0 Å². The Morgan fingerprint density at radius 2 is 1.95 bits per heavy atom. The van der Waals surface area contributed by atoms with Gasteiger partial charge in [-0.1, -0.05) is 6.92 Å². The van der Waals surface area contributed by atoms with Crippen molar-refractivity contribution in [1.29, 1.82) is 0 Å². The number of ether oxygens (including phenoxy) is 1. The molecule has 5 nitrogen and oxygen atoms in total. The molecule has 0 saturated heterocycles. The van der Waals surface area contributed by atoms with Crippen LogP contribution in [0, 0.1) is 0 Å². The van der Waals surface area contributed by atoms with Crippen molar-refractivity contribution >= 4 is 10.0 Å². The summed E-state index contributed by atoms with van der Waals surface area (Å²) in [6, 6.07) is 4.76. The van der Waals surface area contributed by atoms with E-state index in [9.17, 15) is 8.42 Å². The Hall–Kier alpha value is -1.11. The van der Waals surface area contributed by atoms with Crippen LogP contribution in [0.15, 0.2) is 23.1 Å². The number of sulfonamides is 1.